The molecule has 8 aromatic carbocycles. The minimum Gasteiger partial charge on any atom is -0.871 e. The van der Waals surface area contributed by atoms with Crippen LogP contribution in [0.5, 0.6) is 23.0 Å². The Morgan fingerprint density at radius 3 is 1.64 bits per heavy atom. The van der Waals surface area contributed by atoms with Gasteiger partial charge in [0, 0.05) is 28.6 Å². The van der Waals surface area contributed by atoms with Crippen molar-refractivity contribution < 1.29 is 55.5 Å². The summed E-state index contributed by atoms with van der Waals surface area (Å²) >= 11 is 12.1. The number of phenolic OH excluding ortho intramolecular Hbond substituents is 1. The first-order valence-corrected chi connectivity index (χ1v) is 25.7. The van der Waals surface area contributed by atoms with Crippen molar-refractivity contribution in [3.05, 3.63) is 166 Å². The Hall–Kier alpha value is -6.72. The molecule has 0 saturated heterocycles. The Labute approximate surface area is 470 Å². The quantitative estimate of drug-likeness (QED) is 0.0260. The van der Waals surface area contributed by atoms with E-state index in [-0.39, 0.29) is 81.7 Å². The van der Waals surface area contributed by atoms with Gasteiger partial charge in [-0.05, 0) is 122 Å². The Morgan fingerprint density at radius 2 is 1.11 bits per heavy atom. The van der Waals surface area contributed by atoms with Gasteiger partial charge in [-0.15, -0.1) is 15.3 Å². The van der Waals surface area contributed by atoms with Gasteiger partial charge in [-0.3, -0.25) is 18.9 Å². The van der Waals surface area contributed by atoms with Gasteiger partial charge in [-0.25, -0.2) is 0 Å². The number of carbonyl (C=O) groups excluding carboxylic acids is 1. The number of halogens is 2. The van der Waals surface area contributed by atoms with Gasteiger partial charge in [0.1, 0.15) is 38.4 Å². The maximum atomic E-state index is 13.4. The Balaban J connectivity index is 0.000000241. The molecular weight excluding hydrogens is 1080 g/mol. The van der Waals surface area contributed by atoms with E-state index in [4.69, 9.17) is 32.7 Å². The number of hydrogen-bond acceptors (Lipinski definition) is 15. The molecule has 380 valence electrons. The van der Waals surface area contributed by atoms with E-state index >= 15 is 0 Å². The summed E-state index contributed by atoms with van der Waals surface area (Å²) in [6.07, 6.45) is 0. The van der Waals surface area contributed by atoms with Crippen LogP contribution in [0.15, 0.2) is 169 Å². The zero-order chi connectivity index (χ0) is 53.5. The van der Waals surface area contributed by atoms with Crippen molar-refractivity contribution in [3.8, 4) is 23.0 Å². The van der Waals surface area contributed by atoms with Crippen LogP contribution in [0.1, 0.15) is 40.9 Å². The number of nitrogens with one attached hydrogen (secondary N) is 1. The molecule has 0 aliphatic carbocycles. The molecule has 0 saturated carbocycles. The zero-order valence-electron chi connectivity index (χ0n) is 40.1. The summed E-state index contributed by atoms with van der Waals surface area (Å²) < 4.78 is 77.8. The van der Waals surface area contributed by atoms with E-state index in [1.165, 1.54) is 36.4 Å². The number of nitrogens with zero attached hydrogens (tertiary/aromatic N) is 5. The fraction of sp³-hybridized carbons (Fsp3) is 0.115. The molecule has 75 heavy (non-hydrogen) atoms. The fourth-order valence-corrected chi connectivity index (χ4v) is 9.93. The summed E-state index contributed by atoms with van der Waals surface area (Å²) in [5, 5.41) is 57.7. The maximum Gasteiger partial charge on any atom is 2.00 e. The molecule has 0 bridgehead atoms. The summed E-state index contributed by atoms with van der Waals surface area (Å²) in [5.41, 5.74) is 0.822. The third-order valence-corrected chi connectivity index (χ3v) is 13.3. The second-order valence-corrected chi connectivity index (χ2v) is 19.5. The van der Waals surface area contributed by atoms with Crippen LogP contribution >= 0.6 is 23.2 Å². The minimum atomic E-state index is -4.75. The molecule has 0 aliphatic heterocycles. The van der Waals surface area contributed by atoms with Gasteiger partial charge in [-0.1, -0.05) is 89.6 Å². The smallest absolute Gasteiger partial charge is 0.871 e. The van der Waals surface area contributed by atoms with E-state index in [2.05, 4.69) is 30.8 Å². The van der Waals surface area contributed by atoms with Crippen LogP contribution in [0.3, 0.4) is 0 Å². The molecule has 1 amide bonds. The molecule has 0 aromatic heterocycles. The predicted octanol–water partition coefficient (Wildman–Crippen LogP) is 11.8. The molecule has 0 aliphatic rings. The largest absolute Gasteiger partial charge is 2.00 e. The van der Waals surface area contributed by atoms with E-state index in [0.717, 1.165) is 0 Å². The molecule has 18 nitrogen and oxygen atoms in total. The van der Waals surface area contributed by atoms with Gasteiger partial charge in [0.15, 0.2) is 5.75 Å². The molecule has 0 spiro atoms. The van der Waals surface area contributed by atoms with Crippen LogP contribution in [-0.4, -0.2) is 93.8 Å². The fourth-order valence-electron chi connectivity index (χ4n) is 7.46. The average Bonchev–Trinajstić information content (AvgIpc) is 3.32. The number of benzene rings is 8. The third kappa shape index (κ3) is 14.0. The SMILES string of the molecule is CCOc1cccc(N=C([O-])c2cc3ccccc3c(N=Nc3cc(C)cc(Cl)c3S(=O)(=O)O)c2[O-])c1.CCOc1cccc(NC(=O)c2cc3ccccc3c(N=Nc3cc(C)cc(Cl)c3S(=O)(=O)O)c2O)c1.[Ca+2]. The van der Waals surface area contributed by atoms with Crippen molar-refractivity contribution >= 4 is 149 Å². The van der Waals surface area contributed by atoms with Gasteiger partial charge < -0.3 is 30.1 Å². The number of rotatable bonds is 14. The standard InChI is InChI=1S/2C26H22ClN3O6S.Ca/c2*1-3-36-18-9-6-8-17(14-18)28-26(32)20-13-16-7-4-5-10-19(16)23(24(20)31)30-29-22-12-15(2)11-21(27)25(22)37(33,34)35;/h2*4-14,31H,3H2,1-2H3,(H,28,32)(H,33,34,35);/q;;+2/p-2. The summed E-state index contributed by atoms with van der Waals surface area (Å²) in [5.74, 6) is -1.51. The van der Waals surface area contributed by atoms with E-state index in [0.29, 0.717) is 68.8 Å². The van der Waals surface area contributed by atoms with Gasteiger partial charge >= 0.3 is 37.7 Å². The summed E-state index contributed by atoms with van der Waals surface area (Å²) in [6.45, 7) is 7.88. The monoisotopic (exact) mass is 1120 g/mol. The summed E-state index contributed by atoms with van der Waals surface area (Å²) in [6, 6.07) is 35.3. The molecule has 0 atom stereocenters. The zero-order valence-corrected chi connectivity index (χ0v) is 45.5. The second-order valence-electron chi connectivity index (χ2n) is 16.0. The topological polar surface area (TPSA) is 284 Å². The van der Waals surface area contributed by atoms with E-state index in [9.17, 15) is 46.1 Å². The minimum absolute atomic E-state index is 0. The van der Waals surface area contributed by atoms with E-state index in [1.54, 1.807) is 111 Å². The number of aliphatic imine (C=N–C) groups is 1. The van der Waals surface area contributed by atoms with Gasteiger partial charge in [0.2, 0.25) is 0 Å². The van der Waals surface area contributed by atoms with Crippen LogP contribution in [0.4, 0.5) is 34.1 Å². The molecule has 4 N–H and O–H groups in total. The molecule has 8 rings (SSSR count). The second kappa shape index (κ2) is 24.7. The molecule has 0 unspecified atom stereocenters. The molecule has 0 heterocycles. The van der Waals surface area contributed by atoms with Crippen molar-refractivity contribution in [3.63, 3.8) is 0 Å². The normalized spacial score (nSPS) is 11.9. The summed E-state index contributed by atoms with van der Waals surface area (Å²) in [4.78, 5) is 15.9. The van der Waals surface area contributed by atoms with Crippen LogP contribution in [0, 0.1) is 13.8 Å². The first-order chi connectivity index (χ1) is 35.2. The van der Waals surface area contributed by atoms with Crippen LogP contribution in [0.2, 0.25) is 10.0 Å². The number of amides is 1. The van der Waals surface area contributed by atoms with E-state index < -0.39 is 53.3 Å². The number of carbonyl (C=O) groups is 1. The number of aryl methyl sites for hydroxylation is 2. The van der Waals surface area contributed by atoms with E-state index in [1.807, 2.05) is 13.8 Å². The number of aromatic hydroxyl groups is 1. The number of anilines is 1. The van der Waals surface area contributed by atoms with Gasteiger partial charge in [0.05, 0.1) is 40.2 Å². The van der Waals surface area contributed by atoms with Crippen LogP contribution in [0.25, 0.3) is 21.5 Å². The van der Waals surface area contributed by atoms with Crippen molar-refractivity contribution in [1.29, 1.82) is 0 Å². The predicted molar refractivity (Wildman–Crippen MR) is 284 cm³/mol. The Morgan fingerprint density at radius 1 is 0.627 bits per heavy atom. The van der Waals surface area contributed by atoms with Crippen molar-refractivity contribution in [1.82, 2.24) is 0 Å². The third-order valence-electron chi connectivity index (χ3n) is 10.6. The number of hydrogen-bond donors (Lipinski definition) is 4. The molecule has 0 radical (unpaired) electrons. The molecule has 0 fully saturated rings. The first kappa shape index (κ1) is 57.6. The van der Waals surface area contributed by atoms with Crippen LogP contribution in [-0.2, 0) is 20.2 Å². The van der Waals surface area contributed by atoms with Crippen molar-refractivity contribution in [2.45, 2.75) is 37.5 Å². The summed E-state index contributed by atoms with van der Waals surface area (Å²) in [7, 11) is -9.47. The first-order valence-electron chi connectivity index (χ1n) is 22.1. The van der Waals surface area contributed by atoms with Crippen molar-refractivity contribution in [2.24, 2.45) is 25.4 Å². The number of phenols is 1. The Kier molecular flexibility index (Phi) is 19.0. The molecule has 23 heteroatoms. The maximum absolute atomic E-state index is 13.4. The van der Waals surface area contributed by atoms with Gasteiger partial charge in [-0.2, -0.15) is 21.9 Å². The number of fused-ring (bicyclic) bond motifs is 2. The molecule has 8 aromatic rings. The number of ether oxygens (including phenoxy) is 2. The van der Waals surface area contributed by atoms with Crippen molar-refractivity contribution in [2.75, 3.05) is 18.5 Å². The van der Waals surface area contributed by atoms with Crippen LogP contribution < -0.4 is 25.0 Å². The molecular formula is C52H42CaCl2N6O12S2. The average molecular weight is 1120 g/mol. The number of azo groups is 2. The Bertz CT molecular complexity index is 3830. The van der Waals surface area contributed by atoms with Gasteiger partial charge in [0.25, 0.3) is 26.1 Å².